The largest absolute Gasteiger partial charge is 0.491 e. The molecule has 1 aromatic rings. The molecule has 0 heterocycles. The van der Waals surface area contributed by atoms with Crippen LogP contribution in [0.4, 0.5) is 10.1 Å². The molecule has 1 aliphatic rings. The molecule has 21 heavy (non-hydrogen) atoms. The van der Waals surface area contributed by atoms with Gasteiger partial charge in [0.15, 0.2) is 0 Å². The number of alkyl halides is 1. The van der Waals surface area contributed by atoms with Crippen LogP contribution in [0.5, 0.6) is 5.75 Å². The molecule has 0 radical (unpaired) electrons. The van der Waals surface area contributed by atoms with E-state index in [-0.39, 0.29) is 36.9 Å². The van der Waals surface area contributed by atoms with E-state index in [0.717, 1.165) is 25.7 Å². The third-order valence-electron chi connectivity index (χ3n) is 3.53. The summed E-state index contributed by atoms with van der Waals surface area (Å²) in [5, 5.41) is 2.88. The lowest BCUT2D eigenvalue weighted by Gasteiger charge is -2.25. The fraction of sp³-hybridized carbons (Fsp3) is 0.533. The number of halogens is 2. The molecule has 0 saturated heterocycles. The Balaban J connectivity index is 0.00000220. The third-order valence-corrected chi connectivity index (χ3v) is 3.53. The minimum Gasteiger partial charge on any atom is -0.491 e. The van der Waals surface area contributed by atoms with Gasteiger partial charge in [-0.1, -0.05) is 12.5 Å². The molecule has 1 aromatic carbocycles. The fourth-order valence-corrected chi connectivity index (χ4v) is 2.53. The Morgan fingerprint density at radius 2 is 2.24 bits per heavy atom. The van der Waals surface area contributed by atoms with Crippen LogP contribution in [0.15, 0.2) is 24.3 Å². The molecule has 3 N–H and O–H groups in total. The van der Waals surface area contributed by atoms with Crippen molar-refractivity contribution >= 4 is 24.0 Å². The van der Waals surface area contributed by atoms with E-state index in [1.165, 1.54) is 0 Å². The maximum atomic E-state index is 12.2. The second-order valence-electron chi connectivity index (χ2n) is 5.18. The van der Waals surface area contributed by atoms with E-state index in [0.29, 0.717) is 11.4 Å². The van der Waals surface area contributed by atoms with Crippen LogP contribution in [0.1, 0.15) is 25.7 Å². The SMILES string of the molecule is Cl.NC1CCCC(C(=O)Nc2cccc(OCCF)c2)C1. The fourth-order valence-electron chi connectivity index (χ4n) is 2.53. The Morgan fingerprint density at radius 3 is 2.95 bits per heavy atom. The first-order valence-corrected chi connectivity index (χ1v) is 7.04. The maximum Gasteiger partial charge on any atom is 0.227 e. The van der Waals surface area contributed by atoms with Gasteiger partial charge in [-0.3, -0.25) is 4.79 Å². The molecule has 0 spiro atoms. The van der Waals surface area contributed by atoms with Crippen molar-refractivity contribution in [3.63, 3.8) is 0 Å². The summed E-state index contributed by atoms with van der Waals surface area (Å²) in [6.07, 6.45) is 3.62. The number of carbonyl (C=O) groups excluding carboxylic acids is 1. The number of amides is 1. The topological polar surface area (TPSA) is 64.4 Å². The summed E-state index contributed by atoms with van der Waals surface area (Å²) in [5.41, 5.74) is 6.57. The van der Waals surface area contributed by atoms with Crippen molar-refractivity contribution < 1.29 is 13.9 Å². The van der Waals surface area contributed by atoms with E-state index in [1.54, 1.807) is 24.3 Å². The quantitative estimate of drug-likeness (QED) is 0.878. The second kappa shape index (κ2) is 8.85. The van der Waals surface area contributed by atoms with Gasteiger partial charge in [0, 0.05) is 23.7 Å². The van der Waals surface area contributed by atoms with Crippen molar-refractivity contribution in [1.82, 2.24) is 0 Å². The molecule has 118 valence electrons. The molecule has 6 heteroatoms. The smallest absolute Gasteiger partial charge is 0.227 e. The average Bonchev–Trinajstić information content (AvgIpc) is 2.45. The number of hydrogen-bond acceptors (Lipinski definition) is 3. The minimum atomic E-state index is -0.531. The number of benzene rings is 1. The van der Waals surface area contributed by atoms with Gasteiger partial charge in [-0.2, -0.15) is 0 Å². The standard InChI is InChI=1S/C15H21FN2O2.ClH/c16-7-8-20-14-6-2-5-13(10-14)18-15(19)11-3-1-4-12(17)9-11;/h2,5-6,10-12H,1,3-4,7-9,17H2,(H,18,19);1H. The summed E-state index contributed by atoms with van der Waals surface area (Å²) in [5.74, 6) is 0.540. The van der Waals surface area contributed by atoms with Crippen LogP contribution in [-0.4, -0.2) is 25.2 Å². The van der Waals surface area contributed by atoms with E-state index in [9.17, 15) is 9.18 Å². The van der Waals surface area contributed by atoms with Gasteiger partial charge in [-0.15, -0.1) is 12.4 Å². The highest BCUT2D eigenvalue weighted by Gasteiger charge is 2.25. The van der Waals surface area contributed by atoms with E-state index in [4.69, 9.17) is 10.5 Å². The van der Waals surface area contributed by atoms with E-state index in [1.807, 2.05) is 0 Å². The lowest BCUT2D eigenvalue weighted by Crippen LogP contribution is -2.34. The van der Waals surface area contributed by atoms with Gasteiger partial charge >= 0.3 is 0 Å². The Labute approximate surface area is 130 Å². The monoisotopic (exact) mass is 316 g/mol. The van der Waals surface area contributed by atoms with Crippen LogP contribution in [-0.2, 0) is 4.79 Å². The average molecular weight is 317 g/mol. The molecular weight excluding hydrogens is 295 g/mol. The number of nitrogens with two attached hydrogens (primary N) is 1. The normalized spacial score (nSPS) is 21.2. The van der Waals surface area contributed by atoms with Gasteiger partial charge < -0.3 is 15.8 Å². The highest BCUT2D eigenvalue weighted by molar-refractivity contribution is 5.92. The number of anilines is 1. The zero-order valence-corrected chi connectivity index (χ0v) is 12.7. The zero-order valence-electron chi connectivity index (χ0n) is 11.9. The molecule has 0 aromatic heterocycles. The molecule has 2 rings (SSSR count). The van der Waals surface area contributed by atoms with Crippen molar-refractivity contribution in [2.75, 3.05) is 18.6 Å². The van der Waals surface area contributed by atoms with Crippen LogP contribution in [0, 0.1) is 5.92 Å². The third kappa shape index (κ3) is 5.52. The number of rotatable bonds is 5. The number of nitrogens with one attached hydrogen (secondary N) is 1. The van der Waals surface area contributed by atoms with Crippen molar-refractivity contribution in [1.29, 1.82) is 0 Å². The zero-order chi connectivity index (χ0) is 14.4. The first-order chi connectivity index (χ1) is 9.69. The molecule has 0 bridgehead atoms. The van der Waals surface area contributed by atoms with Crippen molar-refractivity contribution in [3.05, 3.63) is 24.3 Å². The summed E-state index contributed by atoms with van der Waals surface area (Å²) in [6.45, 7) is -0.509. The van der Waals surface area contributed by atoms with Gasteiger partial charge in [0.25, 0.3) is 0 Å². The molecule has 1 fully saturated rings. The highest BCUT2D eigenvalue weighted by atomic mass is 35.5. The number of ether oxygens (including phenoxy) is 1. The number of carbonyl (C=O) groups is 1. The lowest BCUT2D eigenvalue weighted by molar-refractivity contribution is -0.120. The molecule has 1 amide bonds. The van der Waals surface area contributed by atoms with E-state index in [2.05, 4.69) is 5.32 Å². The first kappa shape index (κ1) is 17.7. The summed E-state index contributed by atoms with van der Waals surface area (Å²) in [4.78, 5) is 12.2. The van der Waals surface area contributed by atoms with Crippen LogP contribution >= 0.6 is 12.4 Å². The number of hydrogen-bond donors (Lipinski definition) is 2. The predicted octanol–water partition coefficient (Wildman–Crippen LogP) is 2.91. The van der Waals surface area contributed by atoms with Crippen molar-refractivity contribution in [3.8, 4) is 5.75 Å². The van der Waals surface area contributed by atoms with Gasteiger partial charge in [-0.05, 0) is 31.4 Å². The Kier molecular flexibility index (Phi) is 7.47. The van der Waals surface area contributed by atoms with Gasteiger partial charge in [0.1, 0.15) is 19.0 Å². The highest BCUT2D eigenvalue weighted by Crippen LogP contribution is 2.25. The van der Waals surface area contributed by atoms with Crippen LogP contribution < -0.4 is 15.8 Å². The van der Waals surface area contributed by atoms with Crippen LogP contribution in [0.2, 0.25) is 0 Å². The van der Waals surface area contributed by atoms with Crippen LogP contribution in [0.3, 0.4) is 0 Å². The Morgan fingerprint density at radius 1 is 1.43 bits per heavy atom. The minimum absolute atomic E-state index is 0. The Hall–Kier alpha value is -1.33. The maximum absolute atomic E-state index is 12.2. The van der Waals surface area contributed by atoms with Gasteiger partial charge in [0.05, 0.1) is 0 Å². The lowest BCUT2D eigenvalue weighted by atomic mass is 9.85. The van der Waals surface area contributed by atoms with Gasteiger partial charge in [0.2, 0.25) is 5.91 Å². The first-order valence-electron chi connectivity index (χ1n) is 7.04. The summed E-state index contributed by atoms with van der Waals surface area (Å²) in [7, 11) is 0. The molecule has 2 atom stereocenters. The van der Waals surface area contributed by atoms with Crippen LogP contribution in [0.25, 0.3) is 0 Å². The summed E-state index contributed by atoms with van der Waals surface area (Å²) >= 11 is 0. The molecular formula is C15H22ClFN2O2. The predicted molar refractivity (Wildman–Crippen MR) is 83.7 cm³/mol. The second-order valence-corrected chi connectivity index (χ2v) is 5.18. The molecule has 2 unspecified atom stereocenters. The Bertz CT molecular complexity index is 459. The van der Waals surface area contributed by atoms with E-state index >= 15 is 0 Å². The molecule has 1 saturated carbocycles. The molecule has 1 aliphatic carbocycles. The molecule has 0 aliphatic heterocycles. The summed E-state index contributed by atoms with van der Waals surface area (Å²) in [6, 6.07) is 7.13. The van der Waals surface area contributed by atoms with Crippen molar-refractivity contribution in [2.45, 2.75) is 31.7 Å². The van der Waals surface area contributed by atoms with Gasteiger partial charge in [-0.25, -0.2) is 4.39 Å². The molecule has 4 nitrogen and oxygen atoms in total. The van der Waals surface area contributed by atoms with E-state index < -0.39 is 6.67 Å². The summed E-state index contributed by atoms with van der Waals surface area (Å²) < 4.78 is 17.3. The van der Waals surface area contributed by atoms with Crippen molar-refractivity contribution in [2.24, 2.45) is 11.7 Å².